The van der Waals surface area contributed by atoms with E-state index in [4.69, 9.17) is 0 Å². The van der Waals surface area contributed by atoms with Crippen molar-refractivity contribution in [3.8, 4) is 0 Å². The predicted molar refractivity (Wildman–Crippen MR) is 80.7 cm³/mol. The van der Waals surface area contributed by atoms with E-state index in [1.807, 2.05) is 12.3 Å². The zero-order valence-corrected chi connectivity index (χ0v) is 12.9. The van der Waals surface area contributed by atoms with E-state index < -0.39 is 0 Å². The fourth-order valence-corrected chi connectivity index (χ4v) is 1.99. The molecule has 0 saturated carbocycles. The van der Waals surface area contributed by atoms with Gasteiger partial charge in [0.15, 0.2) is 0 Å². The molecule has 0 unspecified atom stereocenters. The van der Waals surface area contributed by atoms with E-state index in [1.165, 1.54) is 0 Å². The molecule has 2 heterocycles. The summed E-state index contributed by atoms with van der Waals surface area (Å²) in [5.74, 6) is 0.0606. The Balaban J connectivity index is 1.70. The average molecular weight is 289 g/mol. The molecule has 0 saturated heterocycles. The van der Waals surface area contributed by atoms with Crippen molar-refractivity contribution in [3.05, 3.63) is 35.4 Å². The maximum Gasteiger partial charge on any atom is 0.220 e. The minimum absolute atomic E-state index is 0.0172. The van der Waals surface area contributed by atoms with Crippen molar-refractivity contribution in [2.24, 2.45) is 0 Å². The first-order chi connectivity index (χ1) is 9.95. The van der Waals surface area contributed by atoms with Crippen LogP contribution in [0.25, 0.3) is 0 Å². The second-order valence-electron chi connectivity index (χ2n) is 6.27. The van der Waals surface area contributed by atoms with Crippen LogP contribution in [0.4, 0.5) is 0 Å². The van der Waals surface area contributed by atoms with Crippen LogP contribution in [0.1, 0.15) is 50.6 Å². The minimum Gasteiger partial charge on any atom is -0.350 e. The summed E-state index contributed by atoms with van der Waals surface area (Å²) in [5.41, 5.74) is 3.09. The van der Waals surface area contributed by atoms with Gasteiger partial charge in [-0.3, -0.25) is 15.0 Å². The van der Waals surface area contributed by atoms with Gasteiger partial charge in [0.1, 0.15) is 0 Å². The third-order valence-corrected chi connectivity index (χ3v) is 3.30. The molecule has 0 bridgehead atoms. The highest BCUT2D eigenvalue weighted by atomic mass is 16.1. The first-order valence-electron chi connectivity index (χ1n) is 7.24. The molecule has 1 amide bonds. The van der Waals surface area contributed by atoms with Gasteiger partial charge in [-0.1, -0.05) is 20.8 Å². The Morgan fingerprint density at radius 2 is 2.19 bits per heavy atom. The highest BCUT2D eigenvalue weighted by Gasteiger charge is 2.17. The molecule has 0 aliphatic heterocycles. The van der Waals surface area contributed by atoms with Crippen LogP contribution in [-0.2, 0) is 23.2 Å². The standard InChI is InChI=1S/C15H23N5O/c1-15(2,3)13-7-12(19-20-13)10-16-14(21)6-4-5-11-8-17-18-9-11/h7-9H,4-6,10H2,1-3H3,(H,16,21)(H,17,18)(H,19,20). The molecule has 114 valence electrons. The van der Waals surface area contributed by atoms with Crippen molar-refractivity contribution in [2.45, 2.75) is 52.0 Å². The fourth-order valence-electron chi connectivity index (χ4n) is 1.99. The number of carbonyl (C=O) groups excluding carboxylic acids is 1. The normalized spacial score (nSPS) is 11.6. The lowest BCUT2D eigenvalue weighted by Crippen LogP contribution is -2.22. The quantitative estimate of drug-likeness (QED) is 0.761. The number of aryl methyl sites for hydroxylation is 1. The molecule has 0 fully saturated rings. The second-order valence-corrected chi connectivity index (χ2v) is 6.27. The third-order valence-electron chi connectivity index (χ3n) is 3.30. The van der Waals surface area contributed by atoms with Crippen molar-refractivity contribution in [2.75, 3.05) is 0 Å². The zero-order chi connectivity index (χ0) is 15.3. The van der Waals surface area contributed by atoms with Crippen LogP contribution in [0.2, 0.25) is 0 Å². The van der Waals surface area contributed by atoms with E-state index in [0.717, 1.165) is 29.8 Å². The van der Waals surface area contributed by atoms with Crippen molar-refractivity contribution < 1.29 is 4.79 Å². The number of nitrogens with one attached hydrogen (secondary N) is 3. The Morgan fingerprint density at radius 3 is 2.81 bits per heavy atom. The van der Waals surface area contributed by atoms with Gasteiger partial charge < -0.3 is 5.32 Å². The third kappa shape index (κ3) is 4.73. The van der Waals surface area contributed by atoms with Crippen LogP contribution in [-0.4, -0.2) is 26.3 Å². The van der Waals surface area contributed by atoms with Crippen LogP contribution in [0.5, 0.6) is 0 Å². The first-order valence-corrected chi connectivity index (χ1v) is 7.24. The van der Waals surface area contributed by atoms with Gasteiger partial charge in [-0.2, -0.15) is 10.2 Å². The number of nitrogens with zero attached hydrogens (tertiary/aromatic N) is 2. The van der Waals surface area contributed by atoms with E-state index in [1.54, 1.807) is 6.20 Å². The summed E-state index contributed by atoms with van der Waals surface area (Å²) in [6.45, 7) is 6.83. The lowest BCUT2D eigenvalue weighted by Gasteiger charge is -2.13. The van der Waals surface area contributed by atoms with Crippen LogP contribution in [0.3, 0.4) is 0 Å². The molecule has 0 radical (unpaired) electrons. The minimum atomic E-state index is 0.0172. The number of aromatic nitrogens is 4. The number of H-pyrrole nitrogens is 2. The van der Waals surface area contributed by atoms with Crippen LogP contribution in [0, 0.1) is 0 Å². The Bertz CT molecular complexity index is 565. The molecule has 6 nitrogen and oxygen atoms in total. The van der Waals surface area contributed by atoms with Gasteiger partial charge in [0.2, 0.25) is 5.91 Å². The highest BCUT2D eigenvalue weighted by molar-refractivity contribution is 5.75. The fraction of sp³-hybridized carbons (Fsp3) is 0.533. The van der Waals surface area contributed by atoms with E-state index in [2.05, 4.69) is 46.5 Å². The summed E-state index contributed by atoms with van der Waals surface area (Å²) >= 11 is 0. The molecular weight excluding hydrogens is 266 g/mol. The summed E-state index contributed by atoms with van der Waals surface area (Å²) < 4.78 is 0. The van der Waals surface area contributed by atoms with Gasteiger partial charge >= 0.3 is 0 Å². The lowest BCUT2D eigenvalue weighted by molar-refractivity contribution is -0.121. The summed E-state index contributed by atoms with van der Waals surface area (Å²) in [5, 5.41) is 16.8. The monoisotopic (exact) mass is 289 g/mol. The maximum atomic E-state index is 11.8. The van der Waals surface area contributed by atoms with Crippen molar-refractivity contribution in [1.29, 1.82) is 0 Å². The van der Waals surface area contributed by atoms with Crippen molar-refractivity contribution in [1.82, 2.24) is 25.7 Å². The molecule has 0 atom stereocenters. The Hall–Kier alpha value is -2.11. The van der Waals surface area contributed by atoms with E-state index >= 15 is 0 Å². The summed E-state index contributed by atoms with van der Waals surface area (Å²) in [6, 6.07) is 2.01. The zero-order valence-electron chi connectivity index (χ0n) is 12.9. The van der Waals surface area contributed by atoms with Crippen molar-refractivity contribution in [3.63, 3.8) is 0 Å². The molecule has 0 aliphatic rings. The molecule has 6 heteroatoms. The number of hydrogen-bond donors (Lipinski definition) is 3. The van der Waals surface area contributed by atoms with E-state index in [-0.39, 0.29) is 11.3 Å². The van der Waals surface area contributed by atoms with Crippen LogP contribution < -0.4 is 5.32 Å². The van der Waals surface area contributed by atoms with Gasteiger partial charge in [-0.05, 0) is 24.5 Å². The number of aromatic amines is 2. The van der Waals surface area contributed by atoms with Gasteiger partial charge in [-0.25, -0.2) is 0 Å². The first kappa shape index (κ1) is 15.3. The number of hydrogen-bond acceptors (Lipinski definition) is 3. The summed E-state index contributed by atoms with van der Waals surface area (Å²) in [6.07, 6.45) is 5.85. The van der Waals surface area contributed by atoms with Crippen LogP contribution >= 0.6 is 0 Å². The number of rotatable bonds is 6. The van der Waals surface area contributed by atoms with E-state index in [0.29, 0.717) is 13.0 Å². The summed E-state index contributed by atoms with van der Waals surface area (Å²) in [4.78, 5) is 11.8. The SMILES string of the molecule is CC(C)(C)c1cc(CNC(=O)CCCc2cn[nH]c2)[nH]n1. The molecule has 3 N–H and O–H groups in total. The molecule has 21 heavy (non-hydrogen) atoms. The smallest absolute Gasteiger partial charge is 0.220 e. The van der Waals surface area contributed by atoms with Gasteiger partial charge in [0.25, 0.3) is 0 Å². The average Bonchev–Trinajstić information content (AvgIpc) is 3.06. The van der Waals surface area contributed by atoms with Gasteiger partial charge in [-0.15, -0.1) is 0 Å². The summed E-state index contributed by atoms with van der Waals surface area (Å²) in [7, 11) is 0. The topological polar surface area (TPSA) is 86.5 Å². The second kappa shape index (κ2) is 6.56. The number of amides is 1. The Labute approximate surface area is 124 Å². The Morgan fingerprint density at radius 1 is 1.38 bits per heavy atom. The predicted octanol–water partition coefficient (Wildman–Crippen LogP) is 2.07. The molecule has 0 spiro atoms. The van der Waals surface area contributed by atoms with Crippen molar-refractivity contribution >= 4 is 5.91 Å². The maximum absolute atomic E-state index is 11.8. The lowest BCUT2D eigenvalue weighted by atomic mass is 9.92. The molecule has 0 aromatic carbocycles. The Kier molecular flexibility index (Phi) is 4.77. The molecule has 2 aromatic rings. The molecule has 0 aliphatic carbocycles. The van der Waals surface area contributed by atoms with Crippen LogP contribution in [0.15, 0.2) is 18.5 Å². The number of carbonyl (C=O) groups is 1. The van der Waals surface area contributed by atoms with E-state index in [9.17, 15) is 4.79 Å². The molecule has 2 aromatic heterocycles. The van der Waals surface area contributed by atoms with Gasteiger partial charge in [0.05, 0.1) is 24.1 Å². The highest BCUT2D eigenvalue weighted by Crippen LogP contribution is 2.20. The molecule has 2 rings (SSSR count). The largest absolute Gasteiger partial charge is 0.350 e. The molecular formula is C15H23N5O. The van der Waals surface area contributed by atoms with Gasteiger partial charge in [0, 0.05) is 18.0 Å².